The monoisotopic (exact) mass is 500 g/mol. The molecule has 0 saturated carbocycles. The molecule has 1 aliphatic rings. The molecule has 6 aromatic rings. The van der Waals surface area contributed by atoms with E-state index in [1.807, 2.05) is 0 Å². The van der Waals surface area contributed by atoms with Gasteiger partial charge in [0.05, 0.1) is 0 Å². The average Bonchev–Trinajstić information content (AvgIpc) is 3.18. The molecular weight excluding hydrogens is 468 g/mol. The van der Waals surface area contributed by atoms with Gasteiger partial charge in [0.15, 0.2) is 0 Å². The van der Waals surface area contributed by atoms with Gasteiger partial charge in [-0.05, 0) is 105 Å². The lowest BCUT2D eigenvalue weighted by Crippen LogP contribution is -2.15. The molecule has 0 heterocycles. The molecule has 0 atom stereocenters. The summed E-state index contributed by atoms with van der Waals surface area (Å²) in [6.45, 7) is 9.12. The van der Waals surface area contributed by atoms with Crippen molar-refractivity contribution in [2.75, 3.05) is 0 Å². The van der Waals surface area contributed by atoms with Gasteiger partial charge in [-0.15, -0.1) is 0 Å². The molecule has 0 bridgehead atoms. The minimum Gasteiger partial charge on any atom is -0.0622 e. The molecule has 0 fully saturated rings. The molecule has 1 aliphatic carbocycles. The number of fused-ring (bicyclic) bond motifs is 4. The number of benzene rings is 6. The maximum Gasteiger partial charge on any atom is 0.0159 e. The van der Waals surface area contributed by atoms with E-state index in [1.54, 1.807) is 0 Å². The fraction of sp³-hybridized carbons (Fsp3) is 0.128. The van der Waals surface area contributed by atoms with Gasteiger partial charge < -0.3 is 0 Å². The second-order valence-electron chi connectivity index (χ2n) is 11.6. The Morgan fingerprint density at radius 1 is 0.385 bits per heavy atom. The number of rotatable bonds is 3. The highest BCUT2D eigenvalue weighted by Crippen LogP contribution is 2.51. The predicted molar refractivity (Wildman–Crippen MR) is 167 cm³/mol. The van der Waals surface area contributed by atoms with Crippen LogP contribution in [0.2, 0.25) is 0 Å². The molecule has 188 valence electrons. The van der Waals surface area contributed by atoms with Crippen LogP contribution < -0.4 is 0 Å². The van der Waals surface area contributed by atoms with Crippen LogP contribution >= 0.6 is 0 Å². The summed E-state index contributed by atoms with van der Waals surface area (Å²) in [7, 11) is 0. The minimum atomic E-state index is -0.0840. The first-order valence-electron chi connectivity index (χ1n) is 13.9. The summed E-state index contributed by atoms with van der Waals surface area (Å²) in [5, 5.41) is 2.54. The van der Waals surface area contributed by atoms with E-state index < -0.39 is 0 Å². The molecule has 0 N–H and O–H groups in total. The van der Waals surface area contributed by atoms with E-state index in [0.29, 0.717) is 0 Å². The van der Waals surface area contributed by atoms with Crippen molar-refractivity contribution in [3.8, 4) is 44.5 Å². The normalized spacial score (nSPS) is 13.3. The van der Waals surface area contributed by atoms with Crippen LogP contribution in [0.1, 0.15) is 36.1 Å². The molecule has 0 amide bonds. The zero-order valence-corrected chi connectivity index (χ0v) is 23.0. The summed E-state index contributed by atoms with van der Waals surface area (Å²) in [4.78, 5) is 0. The fourth-order valence-corrected chi connectivity index (χ4v) is 6.56. The third-order valence-electron chi connectivity index (χ3n) is 8.51. The van der Waals surface area contributed by atoms with Crippen molar-refractivity contribution in [1.82, 2.24) is 0 Å². The Kier molecular flexibility index (Phi) is 5.35. The first-order valence-corrected chi connectivity index (χ1v) is 13.9. The van der Waals surface area contributed by atoms with Crippen molar-refractivity contribution < 1.29 is 0 Å². The van der Waals surface area contributed by atoms with Crippen LogP contribution in [-0.2, 0) is 5.41 Å². The lowest BCUT2D eigenvalue weighted by atomic mass is 9.80. The van der Waals surface area contributed by atoms with Crippen LogP contribution in [0.4, 0.5) is 0 Å². The van der Waals surface area contributed by atoms with Gasteiger partial charge in [0.1, 0.15) is 0 Å². The Balaban J connectivity index is 1.38. The molecular formula is C39H32. The van der Waals surface area contributed by atoms with Crippen LogP contribution in [0.3, 0.4) is 0 Å². The number of aryl methyl sites for hydroxylation is 2. The second-order valence-corrected chi connectivity index (χ2v) is 11.6. The Bertz CT molecular complexity index is 1870. The molecule has 0 aliphatic heterocycles. The van der Waals surface area contributed by atoms with Crippen molar-refractivity contribution in [3.05, 3.63) is 144 Å². The summed E-state index contributed by atoms with van der Waals surface area (Å²) >= 11 is 0. The average molecular weight is 501 g/mol. The number of hydrogen-bond donors (Lipinski definition) is 0. The van der Waals surface area contributed by atoms with Gasteiger partial charge in [0, 0.05) is 5.41 Å². The molecule has 0 radical (unpaired) electrons. The Morgan fingerprint density at radius 3 is 1.51 bits per heavy atom. The van der Waals surface area contributed by atoms with E-state index in [2.05, 4.69) is 149 Å². The summed E-state index contributed by atoms with van der Waals surface area (Å²) in [5.41, 5.74) is 15.7. The SMILES string of the molecule is Cc1cc(C)cc(-c2ccc3c(c2)C(C)(C)c2cc(-c4cc5ccccc5cc4-c4ccccc4)ccc2-3)c1. The molecule has 39 heavy (non-hydrogen) atoms. The fourth-order valence-electron chi connectivity index (χ4n) is 6.56. The first-order chi connectivity index (χ1) is 18.9. The van der Waals surface area contributed by atoms with E-state index in [4.69, 9.17) is 0 Å². The molecule has 7 rings (SSSR count). The van der Waals surface area contributed by atoms with E-state index in [-0.39, 0.29) is 5.41 Å². The Labute approximate surface area is 231 Å². The topological polar surface area (TPSA) is 0 Å². The quantitative estimate of drug-likeness (QED) is 0.227. The summed E-state index contributed by atoms with van der Waals surface area (Å²) in [5.74, 6) is 0. The minimum absolute atomic E-state index is 0.0840. The van der Waals surface area contributed by atoms with Crippen LogP contribution in [0.25, 0.3) is 55.3 Å². The summed E-state index contributed by atoms with van der Waals surface area (Å²) in [6.07, 6.45) is 0. The van der Waals surface area contributed by atoms with E-state index >= 15 is 0 Å². The maximum absolute atomic E-state index is 2.45. The maximum atomic E-state index is 2.45. The van der Waals surface area contributed by atoms with Crippen molar-refractivity contribution in [1.29, 1.82) is 0 Å². The van der Waals surface area contributed by atoms with Gasteiger partial charge in [-0.3, -0.25) is 0 Å². The molecule has 0 heteroatoms. The van der Waals surface area contributed by atoms with Crippen LogP contribution in [0, 0.1) is 13.8 Å². The molecule has 0 saturated heterocycles. The van der Waals surface area contributed by atoms with E-state index in [0.717, 1.165) is 0 Å². The van der Waals surface area contributed by atoms with Crippen molar-refractivity contribution >= 4 is 10.8 Å². The summed E-state index contributed by atoms with van der Waals surface area (Å²) < 4.78 is 0. The molecule has 0 unspecified atom stereocenters. The molecule has 0 aromatic heterocycles. The third-order valence-corrected chi connectivity index (χ3v) is 8.51. The lowest BCUT2D eigenvalue weighted by molar-refractivity contribution is 0.661. The first kappa shape index (κ1) is 23.7. The van der Waals surface area contributed by atoms with E-state index in [1.165, 1.54) is 77.5 Å². The van der Waals surface area contributed by atoms with Gasteiger partial charge in [-0.25, -0.2) is 0 Å². The molecule has 0 nitrogen and oxygen atoms in total. The predicted octanol–water partition coefficient (Wildman–Crippen LogP) is 10.8. The van der Waals surface area contributed by atoms with Gasteiger partial charge in [-0.2, -0.15) is 0 Å². The standard InChI is InChI=1S/C39H32/c1-25-18-26(2)20-32(19-25)30-14-16-33-34-17-15-31(24-38(34)39(3,4)37(33)23-30)36-22-29-13-9-8-12-28(29)21-35(36)27-10-6-5-7-11-27/h5-24H,1-4H3. The second kappa shape index (κ2) is 8.82. The van der Waals surface area contributed by atoms with Gasteiger partial charge in [-0.1, -0.05) is 122 Å². The van der Waals surface area contributed by atoms with Crippen molar-refractivity contribution in [3.63, 3.8) is 0 Å². The van der Waals surface area contributed by atoms with Crippen molar-refractivity contribution in [2.45, 2.75) is 33.1 Å². The molecule has 6 aromatic carbocycles. The van der Waals surface area contributed by atoms with Gasteiger partial charge in [0.2, 0.25) is 0 Å². The van der Waals surface area contributed by atoms with Crippen LogP contribution in [0.5, 0.6) is 0 Å². The lowest BCUT2D eigenvalue weighted by Gasteiger charge is -2.23. The van der Waals surface area contributed by atoms with Crippen LogP contribution in [0.15, 0.2) is 121 Å². The molecule has 0 spiro atoms. The summed E-state index contributed by atoms with van der Waals surface area (Å²) in [6, 6.07) is 45.2. The highest BCUT2D eigenvalue weighted by Gasteiger charge is 2.36. The van der Waals surface area contributed by atoms with Crippen molar-refractivity contribution in [2.24, 2.45) is 0 Å². The smallest absolute Gasteiger partial charge is 0.0159 e. The van der Waals surface area contributed by atoms with E-state index in [9.17, 15) is 0 Å². The zero-order chi connectivity index (χ0) is 26.7. The third kappa shape index (κ3) is 3.91. The number of hydrogen-bond acceptors (Lipinski definition) is 0. The van der Waals surface area contributed by atoms with Gasteiger partial charge in [0.25, 0.3) is 0 Å². The zero-order valence-electron chi connectivity index (χ0n) is 23.0. The highest BCUT2D eigenvalue weighted by molar-refractivity contribution is 5.97. The highest BCUT2D eigenvalue weighted by atomic mass is 14.4. The Hall–Kier alpha value is -4.42. The van der Waals surface area contributed by atoms with Crippen LogP contribution in [-0.4, -0.2) is 0 Å². The van der Waals surface area contributed by atoms with Gasteiger partial charge >= 0.3 is 0 Å². The largest absolute Gasteiger partial charge is 0.0622 e. The Morgan fingerprint density at radius 2 is 0.897 bits per heavy atom.